The van der Waals surface area contributed by atoms with Crippen LogP contribution in [0.2, 0.25) is 0 Å². The molecule has 9 heteroatoms. The molecular weight excluding hydrogens is 386 g/mol. The molecule has 1 heterocycles. The number of amides is 1. The van der Waals surface area contributed by atoms with Gasteiger partial charge in [0.15, 0.2) is 27.9 Å². The van der Waals surface area contributed by atoms with Gasteiger partial charge < -0.3 is 19.5 Å². The second-order valence-corrected chi connectivity index (χ2v) is 8.92. The highest BCUT2D eigenvalue weighted by Gasteiger charge is 2.39. The minimum Gasteiger partial charge on any atom is -0.493 e. The van der Waals surface area contributed by atoms with Gasteiger partial charge in [0.25, 0.3) is 5.91 Å². The maximum Gasteiger partial charge on any atom is 0.331 e. The van der Waals surface area contributed by atoms with Crippen molar-refractivity contribution in [1.29, 1.82) is 0 Å². The molecule has 154 valence electrons. The number of nitrogens with one attached hydrogen (secondary N) is 1. The minimum absolute atomic E-state index is 0.0395. The van der Waals surface area contributed by atoms with Crippen LogP contribution in [0.25, 0.3) is 6.08 Å². The van der Waals surface area contributed by atoms with Crippen molar-refractivity contribution >= 4 is 27.8 Å². The molecule has 1 saturated heterocycles. The van der Waals surface area contributed by atoms with E-state index in [1.807, 2.05) is 6.92 Å². The van der Waals surface area contributed by atoms with E-state index < -0.39 is 33.9 Å². The first-order valence-electron chi connectivity index (χ1n) is 8.83. The van der Waals surface area contributed by atoms with Crippen LogP contribution in [0.3, 0.4) is 0 Å². The molecular formula is C19H25NO7S. The van der Waals surface area contributed by atoms with Gasteiger partial charge in [-0.15, -0.1) is 0 Å². The highest BCUT2D eigenvalue weighted by atomic mass is 32.2. The monoisotopic (exact) mass is 411 g/mol. The van der Waals surface area contributed by atoms with Gasteiger partial charge in [-0.25, -0.2) is 13.2 Å². The van der Waals surface area contributed by atoms with Gasteiger partial charge in [0.05, 0.1) is 30.8 Å². The molecule has 0 aliphatic carbocycles. The van der Waals surface area contributed by atoms with Gasteiger partial charge in [-0.1, -0.05) is 6.07 Å². The van der Waals surface area contributed by atoms with Gasteiger partial charge in [-0.3, -0.25) is 4.79 Å². The van der Waals surface area contributed by atoms with Crippen molar-refractivity contribution in [1.82, 2.24) is 5.32 Å². The summed E-state index contributed by atoms with van der Waals surface area (Å²) in [5.74, 6) is -0.159. The zero-order valence-electron chi connectivity index (χ0n) is 16.2. The summed E-state index contributed by atoms with van der Waals surface area (Å²) in [7, 11) is -1.61. The lowest BCUT2D eigenvalue weighted by Gasteiger charge is -2.23. The number of hydrogen-bond acceptors (Lipinski definition) is 7. The largest absolute Gasteiger partial charge is 0.493 e. The lowest BCUT2D eigenvalue weighted by Crippen LogP contribution is -2.48. The standard InChI is InChI=1S/C19H25NO7S/c1-4-26-15-7-5-14(11-16(15)25-3)6-8-18(22)27-12-17(21)20-19(2)9-10-28(23,24)13-19/h5-8,11H,4,9-10,12-13H2,1-3H3,(H,20,21)/b8-6+/t19-/m1/s1. The predicted molar refractivity (Wildman–Crippen MR) is 104 cm³/mol. The van der Waals surface area contributed by atoms with Crippen LogP contribution in [0, 0.1) is 0 Å². The van der Waals surface area contributed by atoms with Crippen molar-refractivity contribution < 1.29 is 32.2 Å². The summed E-state index contributed by atoms with van der Waals surface area (Å²) in [6.45, 7) is 3.55. The first-order chi connectivity index (χ1) is 13.2. The number of benzene rings is 1. The van der Waals surface area contributed by atoms with Crippen LogP contribution in [-0.2, 0) is 24.2 Å². The smallest absolute Gasteiger partial charge is 0.331 e. The van der Waals surface area contributed by atoms with Crippen molar-refractivity contribution in [2.75, 3.05) is 31.8 Å². The van der Waals surface area contributed by atoms with Crippen LogP contribution in [0.15, 0.2) is 24.3 Å². The van der Waals surface area contributed by atoms with E-state index in [-0.39, 0.29) is 11.5 Å². The summed E-state index contributed by atoms with van der Waals surface area (Å²) in [5, 5.41) is 2.62. The molecule has 2 rings (SSSR count). The second kappa shape index (κ2) is 9.09. The summed E-state index contributed by atoms with van der Waals surface area (Å²) in [6.07, 6.45) is 3.07. The summed E-state index contributed by atoms with van der Waals surface area (Å²) in [6, 6.07) is 5.20. The van der Waals surface area contributed by atoms with Crippen LogP contribution in [-0.4, -0.2) is 57.7 Å². The third-order valence-electron chi connectivity index (χ3n) is 4.19. The number of carbonyl (C=O) groups excluding carboxylic acids is 2. The Kier molecular flexibility index (Phi) is 7.06. The molecule has 0 radical (unpaired) electrons. The molecule has 0 spiro atoms. The molecule has 1 N–H and O–H groups in total. The third kappa shape index (κ3) is 6.26. The second-order valence-electron chi connectivity index (χ2n) is 6.74. The molecule has 1 aromatic rings. The van der Waals surface area contributed by atoms with Gasteiger partial charge in [0.1, 0.15) is 0 Å². The van der Waals surface area contributed by atoms with Crippen LogP contribution in [0.5, 0.6) is 11.5 Å². The first kappa shape index (κ1) is 21.7. The molecule has 1 atom stereocenters. The Hall–Kier alpha value is -2.55. The number of hydrogen-bond donors (Lipinski definition) is 1. The average Bonchev–Trinajstić information content (AvgIpc) is 2.91. The Morgan fingerprint density at radius 2 is 2.04 bits per heavy atom. The average molecular weight is 411 g/mol. The number of rotatable bonds is 8. The fourth-order valence-electron chi connectivity index (χ4n) is 2.89. The van der Waals surface area contributed by atoms with E-state index in [2.05, 4.69) is 5.32 Å². The normalized spacial score (nSPS) is 20.7. The highest BCUT2D eigenvalue weighted by molar-refractivity contribution is 7.91. The van der Waals surface area contributed by atoms with E-state index in [1.54, 1.807) is 25.1 Å². The fraction of sp³-hybridized carbons (Fsp3) is 0.474. The van der Waals surface area contributed by atoms with Crippen molar-refractivity contribution in [3.05, 3.63) is 29.8 Å². The molecule has 0 aromatic heterocycles. The van der Waals surface area contributed by atoms with Gasteiger partial charge in [0.2, 0.25) is 0 Å². The minimum atomic E-state index is -3.14. The van der Waals surface area contributed by atoms with E-state index in [4.69, 9.17) is 14.2 Å². The Labute approximate surface area is 164 Å². The van der Waals surface area contributed by atoms with Crippen molar-refractivity contribution in [3.63, 3.8) is 0 Å². The lowest BCUT2D eigenvalue weighted by atomic mass is 10.0. The molecule has 1 amide bonds. The van der Waals surface area contributed by atoms with Gasteiger partial charge >= 0.3 is 5.97 Å². The molecule has 0 bridgehead atoms. The topological polar surface area (TPSA) is 108 Å². The number of methoxy groups -OCH3 is 1. The fourth-order valence-corrected chi connectivity index (χ4v) is 4.99. The zero-order valence-corrected chi connectivity index (χ0v) is 17.0. The molecule has 1 aliphatic heterocycles. The van der Waals surface area contributed by atoms with E-state index >= 15 is 0 Å². The number of sulfone groups is 1. The zero-order chi connectivity index (χ0) is 20.8. The Balaban J connectivity index is 1.86. The van der Waals surface area contributed by atoms with Crippen molar-refractivity contribution in [3.8, 4) is 11.5 Å². The highest BCUT2D eigenvalue weighted by Crippen LogP contribution is 2.28. The Morgan fingerprint density at radius 3 is 2.64 bits per heavy atom. The maximum atomic E-state index is 11.9. The molecule has 0 saturated carbocycles. The van der Waals surface area contributed by atoms with Crippen LogP contribution >= 0.6 is 0 Å². The molecule has 8 nitrogen and oxygen atoms in total. The Morgan fingerprint density at radius 1 is 1.29 bits per heavy atom. The lowest BCUT2D eigenvalue weighted by molar-refractivity contribution is -0.144. The molecule has 1 aliphatic rings. The van der Waals surface area contributed by atoms with E-state index in [1.165, 1.54) is 19.3 Å². The number of ether oxygens (including phenoxy) is 3. The SMILES string of the molecule is CCOc1ccc(/C=C/C(=O)OCC(=O)N[C@]2(C)CCS(=O)(=O)C2)cc1OC. The quantitative estimate of drug-likeness (QED) is 0.508. The summed E-state index contributed by atoms with van der Waals surface area (Å²) in [4.78, 5) is 23.8. The van der Waals surface area contributed by atoms with E-state index in [9.17, 15) is 18.0 Å². The Bertz CT molecular complexity index is 863. The third-order valence-corrected chi connectivity index (χ3v) is 6.09. The van der Waals surface area contributed by atoms with E-state index in [0.29, 0.717) is 30.1 Å². The first-order valence-corrected chi connectivity index (χ1v) is 10.7. The molecule has 1 aromatic carbocycles. The molecule has 0 unspecified atom stereocenters. The predicted octanol–water partition coefficient (Wildman–Crippen LogP) is 1.34. The number of esters is 1. The van der Waals surface area contributed by atoms with Gasteiger partial charge in [-0.05, 0) is 44.0 Å². The van der Waals surface area contributed by atoms with Gasteiger partial charge in [0, 0.05) is 6.08 Å². The summed E-state index contributed by atoms with van der Waals surface area (Å²) < 4.78 is 38.7. The summed E-state index contributed by atoms with van der Waals surface area (Å²) >= 11 is 0. The van der Waals surface area contributed by atoms with Crippen molar-refractivity contribution in [2.45, 2.75) is 25.8 Å². The number of carbonyl (C=O) groups is 2. The van der Waals surface area contributed by atoms with Crippen molar-refractivity contribution in [2.24, 2.45) is 0 Å². The van der Waals surface area contributed by atoms with Crippen LogP contribution < -0.4 is 14.8 Å². The van der Waals surface area contributed by atoms with E-state index in [0.717, 1.165) is 0 Å². The molecule has 28 heavy (non-hydrogen) atoms. The van der Waals surface area contributed by atoms with Gasteiger partial charge in [-0.2, -0.15) is 0 Å². The van der Waals surface area contributed by atoms with Crippen LogP contribution in [0.4, 0.5) is 0 Å². The molecule has 1 fully saturated rings. The van der Waals surface area contributed by atoms with Crippen LogP contribution in [0.1, 0.15) is 25.8 Å². The maximum absolute atomic E-state index is 11.9. The summed E-state index contributed by atoms with van der Waals surface area (Å²) in [5.41, 5.74) is -0.123.